The third-order valence-electron chi connectivity index (χ3n) is 6.00. The SMILES string of the molecule is CCCN(CCC)C(=O)C(CCSC)N1C(=O)C2C3C=CC(C3)C2C1=O. The minimum atomic E-state index is -0.634. The fraction of sp³-hybridized carbons (Fsp3) is 0.750. The highest BCUT2D eigenvalue weighted by atomic mass is 32.2. The monoisotopic (exact) mass is 378 g/mol. The van der Waals surface area contributed by atoms with Gasteiger partial charge in [-0.1, -0.05) is 26.0 Å². The van der Waals surface area contributed by atoms with Gasteiger partial charge < -0.3 is 4.90 Å². The smallest absolute Gasteiger partial charge is 0.245 e. The van der Waals surface area contributed by atoms with Crippen LogP contribution in [-0.4, -0.2) is 58.7 Å². The van der Waals surface area contributed by atoms with E-state index in [1.165, 1.54) is 4.90 Å². The van der Waals surface area contributed by atoms with Gasteiger partial charge in [-0.25, -0.2) is 0 Å². The average Bonchev–Trinajstić information content (AvgIpc) is 3.30. The first-order valence-electron chi connectivity index (χ1n) is 9.88. The van der Waals surface area contributed by atoms with Crippen LogP contribution >= 0.6 is 11.8 Å². The van der Waals surface area contributed by atoms with Crippen molar-refractivity contribution in [3.63, 3.8) is 0 Å². The maximum atomic E-state index is 13.3. The van der Waals surface area contributed by atoms with E-state index in [1.54, 1.807) is 11.8 Å². The molecule has 3 amide bonds. The zero-order valence-electron chi connectivity index (χ0n) is 16.0. The molecule has 2 fully saturated rings. The van der Waals surface area contributed by atoms with Crippen LogP contribution in [0.5, 0.6) is 0 Å². The standard InChI is InChI=1S/C20H30N2O3S/c1-4-9-21(10-5-2)18(23)15(8-11-26-3)22-19(24)16-13-6-7-14(12-13)17(16)20(22)25/h6-7,13-17H,4-5,8-12H2,1-3H3. The van der Waals surface area contributed by atoms with Gasteiger partial charge in [0.15, 0.2) is 0 Å². The van der Waals surface area contributed by atoms with Crippen molar-refractivity contribution in [1.82, 2.24) is 9.80 Å². The number of imide groups is 1. The molecule has 26 heavy (non-hydrogen) atoms. The Morgan fingerprint density at radius 3 is 2.15 bits per heavy atom. The molecule has 1 saturated carbocycles. The Balaban J connectivity index is 1.84. The van der Waals surface area contributed by atoms with E-state index in [-0.39, 0.29) is 41.4 Å². The molecule has 0 aromatic carbocycles. The lowest BCUT2D eigenvalue weighted by Crippen LogP contribution is -2.52. The molecule has 0 spiro atoms. The maximum absolute atomic E-state index is 13.3. The third-order valence-corrected chi connectivity index (χ3v) is 6.64. The van der Waals surface area contributed by atoms with Crippen LogP contribution in [0.2, 0.25) is 0 Å². The van der Waals surface area contributed by atoms with Gasteiger partial charge in [-0.2, -0.15) is 11.8 Å². The molecule has 2 bridgehead atoms. The summed E-state index contributed by atoms with van der Waals surface area (Å²) in [5.74, 6) is 0.411. The summed E-state index contributed by atoms with van der Waals surface area (Å²) in [6, 6.07) is -0.634. The van der Waals surface area contributed by atoms with Crippen LogP contribution in [0.3, 0.4) is 0 Å². The normalized spacial score (nSPS) is 30.2. The van der Waals surface area contributed by atoms with Gasteiger partial charge in [0, 0.05) is 13.1 Å². The number of hydrogen-bond acceptors (Lipinski definition) is 4. The van der Waals surface area contributed by atoms with Crippen LogP contribution in [0.4, 0.5) is 0 Å². The largest absolute Gasteiger partial charge is 0.341 e. The molecule has 1 aliphatic heterocycles. The molecule has 0 N–H and O–H groups in total. The van der Waals surface area contributed by atoms with E-state index in [4.69, 9.17) is 0 Å². The first-order valence-corrected chi connectivity index (χ1v) is 11.3. The highest BCUT2D eigenvalue weighted by Gasteiger charge is 2.61. The Kier molecular flexibility index (Phi) is 6.10. The lowest BCUT2D eigenvalue weighted by atomic mass is 9.85. The van der Waals surface area contributed by atoms with Crippen molar-refractivity contribution >= 4 is 29.5 Å². The van der Waals surface area contributed by atoms with E-state index in [2.05, 4.69) is 12.2 Å². The van der Waals surface area contributed by atoms with Gasteiger partial charge in [-0.15, -0.1) is 0 Å². The maximum Gasteiger partial charge on any atom is 0.245 e. The Labute approximate surface area is 160 Å². The summed E-state index contributed by atoms with van der Waals surface area (Å²) >= 11 is 1.65. The quantitative estimate of drug-likeness (QED) is 0.457. The Morgan fingerprint density at radius 2 is 1.69 bits per heavy atom. The van der Waals surface area contributed by atoms with Crippen LogP contribution in [0, 0.1) is 23.7 Å². The van der Waals surface area contributed by atoms with Gasteiger partial charge >= 0.3 is 0 Å². The van der Waals surface area contributed by atoms with Crippen molar-refractivity contribution in [1.29, 1.82) is 0 Å². The van der Waals surface area contributed by atoms with Crippen molar-refractivity contribution in [2.24, 2.45) is 23.7 Å². The highest BCUT2D eigenvalue weighted by molar-refractivity contribution is 7.98. The number of amides is 3. The lowest BCUT2D eigenvalue weighted by molar-refractivity contribution is -0.152. The summed E-state index contributed by atoms with van der Waals surface area (Å²) in [4.78, 5) is 42.7. The fourth-order valence-electron chi connectivity index (χ4n) is 4.91. The molecule has 5 atom stereocenters. The van der Waals surface area contributed by atoms with E-state index < -0.39 is 6.04 Å². The highest BCUT2D eigenvalue weighted by Crippen LogP contribution is 2.53. The fourth-order valence-corrected chi connectivity index (χ4v) is 5.37. The molecule has 0 radical (unpaired) electrons. The van der Waals surface area contributed by atoms with Gasteiger partial charge in [-0.3, -0.25) is 19.3 Å². The Bertz CT molecular complexity index is 570. The minimum Gasteiger partial charge on any atom is -0.341 e. The molecule has 3 rings (SSSR count). The van der Waals surface area contributed by atoms with Gasteiger partial charge in [0.05, 0.1) is 11.8 Å². The molecule has 5 nitrogen and oxygen atoms in total. The van der Waals surface area contributed by atoms with Crippen LogP contribution in [0.25, 0.3) is 0 Å². The van der Waals surface area contributed by atoms with Gasteiger partial charge in [0.2, 0.25) is 17.7 Å². The van der Waals surface area contributed by atoms with Crippen LogP contribution in [0.1, 0.15) is 39.5 Å². The van der Waals surface area contributed by atoms with Crippen molar-refractivity contribution < 1.29 is 14.4 Å². The molecule has 5 unspecified atom stereocenters. The van der Waals surface area contributed by atoms with Crippen molar-refractivity contribution in [2.45, 2.75) is 45.6 Å². The average molecular weight is 379 g/mol. The minimum absolute atomic E-state index is 0.0512. The molecular weight excluding hydrogens is 348 g/mol. The molecule has 144 valence electrons. The first kappa shape index (κ1) is 19.5. The molecule has 1 heterocycles. The van der Waals surface area contributed by atoms with E-state index in [9.17, 15) is 14.4 Å². The topological polar surface area (TPSA) is 57.7 Å². The summed E-state index contributed by atoms with van der Waals surface area (Å²) in [6.45, 7) is 5.45. The number of likely N-dealkylation sites (tertiary alicyclic amines) is 1. The zero-order valence-corrected chi connectivity index (χ0v) is 16.8. The van der Waals surface area contributed by atoms with Crippen LogP contribution in [-0.2, 0) is 14.4 Å². The molecule has 2 aliphatic carbocycles. The van der Waals surface area contributed by atoms with Crippen molar-refractivity contribution in [2.75, 3.05) is 25.1 Å². The van der Waals surface area contributed by atoms with Crippen molar-refractivity contribution in [3.05, 3.63) is 12.2 Å². The molecule has 0 aromatic rings. The summed E-state index contributed by atoms with van der Waals surface area (Å²) in [5.41, 5.74) is 0. The molecular formula is C20H30N2O3S. The zero-order chi connectivity index (χ0) is 18.8. The predicted octanol–water partition coefficient (Wildman–Crippen LogP) is 2.56. The number of rotatable bonds is 9. The van der Waals surface area contributed by atoms with Gasteiger partial charge in [0.1, 0.15) is 6.04 Å². The second kappa shape index (κ2) is 8.15. The van der Waals surface area contributed by atoms with Crippen LogP contribution < -0.4 is 0 Å². The lowest BCUT2D eigenvalue weighted by Gasteiger charge is -2.32. The number of allylic oxidation sites excluding steroid dienone is 2. The Morgan fingerprint density at radius 1 is 1.15 bits per heavy atom. The Hall–Kier alpha value is -1.30. The van der Waals surface area contributed by atoms with E-state index >= 15 is 0 Å². The predicted molar refractivity (Wildman–Crippen MR) is 104 cm³/mol. The molecule has 6 heteroatoms. The van der Waals surface area contributed by atoms with E-state index in [1.807, 2.05) is 25.0 Å². The molecule has 3 aliphatic rings. The second-order valence-electron chi connectivity index (χ2n) is 7.67. The summed E-state index contributed by atoms with van der Waals surface area (Å²) in [5, 5.41) is 0. The molecule has 1 saturated heterocycles. The summed E-state index contributed by atoms with van der Waals surface area (Å²) in [7, 11) is 0. The number of nitrogens with zero attached hydrogens (tertiary/aromatic N) is 2. The van der Waals surface area contributed by atoms with Gasteiger partial charge in [0.25, 0.3) is 0 Å². The number of hydrogen-bond donors (Lipinski definition) is 0. The van der Waals surface area contributed by atoms with Gasteiger partial charge in [-0.05, 0) is 49.5 Å². The van der Waals surface area contributed by atoms with Crippen LogP contribution in [0.15, 0.2) is 12.2 Å². The first-order chi connectivity index (χ1) is 12.5. The number of carbonyl (C=O) groups excluding carboxylic acids is 3. The summed E-state index contributed by atoms with van der Waals surface area (Å²) in [6.07, 6.45) is 9.40. The summed E-state index contributed by atoms with van der Waals surface area (Å²) < 4.78 is 0. The van der Waals surface area contributed by atoms with E-state index in [0.29, 0.717) is 19.5 Å². The van der Waals surface area contributed by atoms with E-state index in [0.717, 1.165) is 25.0 Å². The second-order valence-corrected chi connectivity index (χ2v) is 8.65. The van der Waals surface area contributed by atoms with Crippen molar-refractivity contribution in [3.8, 4) is 0 Å². The molecule has 0 aromatic heterocycles. The number of fused-ring (bicyclic) bond motifs is 5. The number of thioether (sulfide) groups is 1. The third kappa shape index (κ3) is 3.21. The number of carbonyl (C=O) groups is 3.